The van der Waals surface area contributed by atoms with Crippen molar-refractivity contribution in [1.29, 1.82) is 0 Å². The van der Waals surface area contributed by atoms with Crippen molar-refractivity contribution in [3.05, 3.63) is 60.3 Å². The minimum Gasteiger partial charge on any atom is -0.492 e. The van der Waals surface area contributed by atoms with Crippen LogP contribution in [0.5, 0.6) is 5.75 Å². The number of rotatable bonds is 10. The van der Waals surface area contributed by atoms with Crippen molar-refractivity contribution >= 4 is 35.1 Å². The number of aromatic nitrogens is 2. The average molecular weight is 507 g/mol. The molecule has 1 aliphatic heterocycles. The number of anilines is 4. The number of aryl methyl sites for hydroxylation is 1. The van der Waals surface area contributed by atoms with Crippen LogP contribution >= 0.6 is 11.9 Å². The van der Waals surface area contributed by atoms with Crippen molar-refractivity contribution in [2.24, 2.45) is 0 Å². The molecule has 0 radical (unpaired) electrons. The van der Waals surface area contributed by atoms with E-state index < -0.39 is 0 Å². The molecule has 3 aromatic rings. The standard InChI is InChI=1S/C28H38N6OS/c1-21-20-29-27(30-22-11-13-24(14-12-22)35-18-17-34-15-6-7-16-34)31-26(21)33(5)23-9-8-10-25(19-23)36-32-28(2,3)4/h8-14,19-20,32H,6-7,15-18H2,1-5H3,(H,29,30,31). The molecule has 2 N–H and O–H groups in total. The minimum absolute atomic E-state index is 0.0360. The Morgan fingerprint density at radius 3 is 2.56 bits per heavy atom. The van der Waals surface area contributed by atoms with Gasteiger partial charge in [0, 0.05) is 47.2 Å². The minimum atomic E-state index is 0.0360. The Balaban J connectivity index is 1.38. The van der Waals surface area contributed by atoms with Gasteiger partial charge >= 0.3 is 0 Å². The molecule has 8 heteroatoms. The number of nitrogens with zero attached hydrogens (tertiary/aromatic N) is 4. The molecular weight excluding hydrogens is 468 g/mol. The summed E-state index contributed by atoms with van der Waals surface area (Å²) in [4.78, 5) is 15.0. The molecule has 1 fully saturated rings. The quantitative estimate of drug-likeness (QED) is 0.317. The molecule has 2 aromatic carbocycles. The first kappa shape index (κ1) is 26.3. The summed E-state index contributed by atoms with van der Waals surface area (Å²) in [6.07, 6.45) is 4.47. The second-order valence-electron chi connectivity index (χ2n) is 10.3. The predicted octanol–water partition coefficient (Wildman–Crippen LogP) is 6.17. The van der Waals surface area contributed by atoms with Gasteiger partial charge in [0.05, 0.1) is 0 Å². The van der Waals surface area contributed by atoms with E-state index in [0.717, 1.165) is 46.6 Å². The fourth-order valence-corrected chi connectivity index (χ4v) is 4.74. The second-order valence-corrected chi connectivity index (χ2v) is 11.1. The van der Waals surface area contributed by atoms with Gasteiger partial charge in [-0.1, -0.05) is 6.07 Å². The van der Waals surface area contributed by atoms with E-state index in [4.69, 9.17) is 9.72 Å². The van der Waals surface area contributed by atoms with Crippen molar-refractivity contribution in [2.75, 3.05) is 43.5 Å². The zero-order valence-corrected chi connectivity index (χ0v) is 22.9. The molecular formula is C28H38N6OS. The topological polar surface area (TPSA) is 65.6 Å². The van der Waals surface area contributed by atoms with Crippen molar-refractivity contribution in [2.45, 2.75) is 51.0 Å². The van der Waals surface area contributed by atoms with Crippen molar-refractivity contribution < 1.29 is 4.74 Å². The molecule has 1 aromatic heterocycles. The first-order valence-electron chi connectivity index (χ1n) is 12.6. The molecule has 0 spiro atoms. The number of likely N-dealkylation sites (tertiary alicyclic amines) is 1. The van der Waals surface area contributed by atoms with Crippen LogP contribution in [0.25, 0.3) is 0 Å². The average Bonchev–Trinajstić information content (AvgIpc) is 3.38. The smallest absolute Gasteiger partial charge is 0.229 e. The number of hydrogen-bond acceptors (Lipinski definition) is 8. The molecule has 2 heterocycles. The number of ether oxygens (including phenoxy) is 1. The molecule has 1 saturated heterocycles. The fourth-order valence-electron chi connectivity index (χ4n) is 3.99. The number of benzene rings is 2. The lowest BCUT2D eigenvalue weighted by molar-refractivity contribution is 0.238. The van der Waals surface area contributed by atoms with Gasteiger partial charge in [0.15, 0.2) is 0 Å². The van der Waals surface area contributed by atoms with Gasteiger partial charge in [0.1, 0.15) is 18.2 Å². The molecule has 7 nitrogen and oxygen atoms in total. The zero-order valence-electron chi connectivity index (χ0n) is 22.0. The highest BCUT2D eigenvalue weighted by Crippen LogP contribution is 2.29. The van der Waals surface area contributed by atoms with Crippen LogP contribution in [-0.2, 0) is 0 Å². The van der Waals surface area contributed by atoms with E-state index in [1.807, 2.05) is 44.4 Å². The Morgan fingerprint density at radius 2 is 1.83 bits per heavy atom. The summed E-state index contributed by atoms with van der Waals surface area (Å²) in [5.74, 6) is 2.30. The van der Waals surface area contributed by atoms with Crippen LogP contribution in [0.3, 0.4) is 0 Å². The molecule has 0 unspecified atom stereocenters. The van der Waals surface area contributed by atoms with Crippen LogP contribution < -0.4 is 19.7 Å². The Kier molecular flexibility index (Phi) is 8.72. The lowest BCUT2D eigenvalue weighted by atomic mass is 10.1. The third-order valence-corrected chi connectivity index (χ3v) is 7.13. The summed E-state index contributed by atoms with van der Waals surface area (Å²) < 4.78 is 9.39. The summed E-state index contributed by atoms with van der Waals surface area (Å²) in [7, 11) is 2.04. The molecule has 0 saturated carbocycles. The van der Waals surface area contributed by atoms with E-state index in [-0.39, 0.29) is 5.54 Å². The lowest BCUT2D eigenvalue weighted by Gasteiger charge is -2.23. The van der Waals surface area contributed by atoms with E-state index in [0.29, 0.717) is 5.95 Å². The Bertz CT molecular complexity index is 1130. The first-order valence-corrected chi connectivity index (χ1v) is 13.4. The predicted molar refractivity (Wildman–Crippen MR) is 151 cm³/mol. The van der Waals surface area contributed by atoms with E-state index in [2.05, 4.69) is 69.9 Å². The molecule has 0 amide bonds. The van der Waals surface area contributed by atoms with E-state index >= 15 is 0 Å². The number of hydrogen-bond donors (Lipinski definition) is 2. The van der Waals surface area contributed by atoms with Gasteiger partial charge in [-0.05, 0) is 108 Å². The molecule has 1 aliphatic rings. The second kappa shape index (κ2) is 12.0. The summed E-state index contributed by atoms with van der Waals surface area (Å²) in [6, 6.07) is 16.4. The van der Waals surface area contributed by atoms with E-state index in [9.17, 15) is 0 Å². The lowest BCUT2D eigenvalue weighted by Crippen LogP contribution is -2.29. The van der Waals surface area contributed by atoms with Gasteiger partial charge in [0.25, 0.3) is 0 Å². The Morgan fingerprint density at radius 1 is 1.08 bits per heavy atom. The van der Waals surface area contributed by atoms with Crippen LogP contribution in [-0.4, -0.2) is 53.7 Å². The van der Waals surface area contributed by atoms with Crippen LogP contribution in [0.1, 0.15) is 39.2 Å². The summed E-state index contributed by atoms with van der Waals surface area (Å²) in [5.41, 5.74) is 3.04. The van der Waals surface area contributed by atoms with Crippen LogP contribution in [0.15, 0.2) is 59.6 Å². The monoisotopic (exact) mass is 506 g/mol. The van der Waals surface area contributed by atoms with Gasteiger partial charge in [-0.15, -0.1) is 0 Å². The third kappa shape index (κ3) is 7.59. The zero-order chi connectivity index (χ0) is 25.5. The first-order chi connectivity index (χ1) is 17.3. The fraction of sp³-hybridized carbons (Fsp3) is 0.429. The van der Waals surface area contributed by atoms with Crippen LogP contribution in [0.2, 0.25) is 0 Å². The van der Waals surface area contributed by atoms with Crippen LogP contribution in [0, 0.1) is 6.92 Å². The Hall–Kier alpha value is -2.81. The van der Waals surface area contributed by atoms with E-state index in [1.54, 1.807) is 11.9 Å². The van der Waals surface area contributed by atoms with Gasteiger partial charge in [-0.3, -0.25) is 9.62 Å². The largest absolute Gasteiger partial charge is 0.492 e. The molecule has 4 rings (SSSR count). The highest BCUT2D eigenvalue weighted by Gasteiger charge is 2.14. The molecule has 36 heavy (non-hydrogen) atoms. The molecule has 0 atom stereocenters. The van der Waals surface area contributed by atoms with E-state index in [1.165, 1.54) is 25.9 Å². The maximum absolute atomic E-state index is 5.92. The SMILES string of the molecule is Cc1cnc(Nc2ccc(OCCN3CCCC3)cc2)nc1N(C)c1cccc(SNC(C)(C)C)c1. The number of nitrogens with one attached hydrogen (secondary N) is 2. The maximum Gasteiger partial charge on any atom is 0.229 e. The molecule has 0 aliphatic carbocycles. The normalized spacial score (nSPS) is 14.1. The van der Waals surface area contributed by atoms with Gasteiger partial charge < -0.3 is 15.0 Å². The molecule has 0 bridgehead atoms. The van der Waals surface area contributed by atoms with Crippen molar-refractivity contribution in [3.8, 4) is 5.75 Å². The maximum atomic E-state index is 5.92. The Labute approximate surface area is 219 Å². The highest BCUT2D eigenvalue weighted by atomic mass is 32.2. The van der Waals surface area contributed by atoms with Crippen molar-refractivity contribution in [1.82, 2.24) is 19.6 Å². The van der Waals surface area contributed by atoms with Gasteiger partial charge in [-0.2, -0.15) is 4.98 Å². The van der Waals surface area contributed by atoms with Gasteiger partial charge in [-0.25, -0.2) is 4.98 Å². The summed E-state index contributed by atoms with van der Waals surface area (Å²) in [6.45, 7) is 12.6. The van der Waals surface area contributed by atoms with Crippen molar-refractivity contribution in [3.63, 3.8) is 0 Å². The van der Waals surface area contributed by atoms with Gasteiger partial charge in [0.2, 0.25) is 5.95 Å². The van der Waals surface area contributed by atoms with Crippen LogP contribution in [0.4, 0.5) is 23.1 Å². The summed E-state index contributed by atoms with van der Waals surface area (Å²) >= 11 is 1.64. The highest BCUT2D eigenvalue weighted by molar-refractivity contribution is 7.97. The third-order valence-electron chi connectivity index (χ3n) is 5.93. The summed E-state index contributed by atoms with van der Waals surface area (Å²) in [5, 5.41) is 3.33. The molecule has 192 valence electrons.